The SMILES string of the molecule is COc1ncccc1C(=O)c1cccc(F)c1. The van der Waals surface area contributed by atoms with Gasteiger partial charge in [0.05, 0.1) is 12.7 Å². The van der Waals surface area contributed by atoms with Gasteiger partial charge in [-0.1, -0.05) is 12.1 Å². The lowest BCUT2D eigenvalue weighted by Crippen LogP contribution is -2.05. The summed E-state index contributed by atoms with van der Waals surface area (Å²) < 4.78 is 18.0. The lowest BCUT2D eigenvalue weighted by atomic mass is 10.0. The normalized spacial score (nSPS) is 10.0. The molecule has 0 aliphatic heterocycles. The van der Waals surface area contributed by atoms with E-state index in [2.05, 4.69) is 4.98 Å². The van der Waals surface area contributed by atoms with Crippen molar-refractivity contribution in [2.24, 2.45) is 0 Å². The molecule has 1 aromatic heterocycles. The van der Waals surface area contributed by atoms with Crippen molar-refractivity contribution in [1.82, 2.24) is 4.98 Å². The summed E-state index contributed by atoms with van der Waals surface area (Å²) in [5.41, 5.74) is 0.594. The molecular weight excluding hydrogens is 221 g/mol. The van der Waals surface area contributed by atoms with Gasteiger partial charge in [0.1, 0.15) is 5.82 Å². The van der Waals surface area contributed by atoms with Gasteiger partial charge in [-0.05, 0) is 24.3 Å². The fraction of sp³-hybridized carbons (Fsp3) is 0.0769. The van der Waals surface area contributed by atoms with Gasteiger partial charge in [0.15, 0.2) is 5.78 Å². The summed E-state index contributed by atoms with van der Waals surface area (Å²) in [5, 5.41) is 0. The van der Waals surface area contributed by atoms with Gasteiger partial charge < -0.3 is 4.74 Å². The number of ketones is 1. The molecule has 0 N–H and O–H groups in total. The van der Waals surface area contributed by atoms with Crippen molar-refractivity contribution in [1.29, 1.82) is 0 Å². The molecule has 0 aliphatic carbocycles. The summed E-state index contributed by atoms with van der Waals surface area (Å²) in [6, 6.07) is 8.75. The van der Waals surface area contributed by atoms with E-state index in [1.807, 2.05) is 0 Å². The maximum atomic E-state index is 13.0. The lowest BCUT2D eigenvalue weighted by molar-refractivity contribution is 0.103. The van der Waals surface area contributed by atoms with E-state index in [0.29, 0.717) is 5.56 Å². The highest BCUT2D eigenvalue weighted by Gasteiger charge is 2.15. The number of hydrogen-bond donors (Lipinski definition) is 0. The van der Waals surface area contributed by atoms with Gasteiger partial charge in [-0.3, -0.25) is 4.79 Å². The smallest absolute Gasteiger partial charge is 0.224 e. The zero-order valence-electron chi connectivity index (χ0n) is 9.18. The largest absolute Gasteiger partial charge is 0.480 e. The minimum atomic E-state index is -0.446. The molecule has 0 saturated carbocycles. The predicted octanol–water partition coefficient (Wildman–Crippen LogP) is 2.46. The predicted molar refractivity (Wildman–Crippen MR) is 60.6 cm³/mol. The Morgan fingerprint density at radius 3 is 2.82 bits per heavy atom. The molecule has 2 aromatic rings. The van der Waals surface area contributed by atoms with Gasteiger partial charge in [-0.2, -0.15) is 0 Å². The quantitative estimate of drug-likeness (QED) is 0.762. The standard InChI is InChI=1S/C13H10FNO2/c1-17-13-11(6-3-7-15-13)12(16)9-4-2-5-10(14)8-9/h2-8H,1H3. The van der Waals surface area contributed by atoms with E-state index in [1.54, 1.807) is 18.2 Å². The highest BCUT2D eigenvalue weighted by molar-refractivity contribution is 6.10. The molecule has 0 saturated heterocycles. The second-order valence-corrected chi connectivity index (χ2v) is 3.40. The number of nitrogens with zero attached hydrogens (tertiary/aromatic N) is 1. The third-order valence-electron chi connectivity index (χ3n) is 2.30. The molecule has 17 heavy (non-hydrogen) atoms. The first-order valence-corrected chi connectivity index (χ1v) is 5.01. The van der Waals surface area contributed by atoms with Crippen LogP contribution in [0, 0.1) is 5.82 Å². The number of carbonyl (C=O) groups excluding carboxylic acids is 1. The van der Waals surface area contributed by atoms with Crippen LogP contribution in [-0.2, 0) is 0 Å². The molecule has 0 fully saturated rings. The molecule has 4 heteroatoms. The molecule has 0 atom stereocenters. The van der Waals surface area contributed by atoms with Crippen molar-refractivity contribution in [2.75, 3.05) is 7.11 Å². The second-order valence-electron chi connectivity index (χ2n) is 3.40. The van der Waals surface area contributed by atoms with Crippen molar-refractivity contribution in [3.63, 3.8) is 0 Å². The van der Waals surface area contributed by atoms with Crippen LogP contribution in [0.4, 0.5) is 4.39 Å². The van der Waals surface area contributed by atoms with E-state index in [-0.39, 0.29) is 17.2 Å². The molecule has 0 unspecified atom stereocenters. The summed E-state index contributed by atoms with van der Waals surface area (Å²) in [4.78, 5) is 16.0. The summed E-state index contributed by atoms with van der Waals surface area (Å²) in [7, 11) is 1.44. The number of ether oxygens (including phenoxy) is 1. The third kappa shape index (κ3) is 2.30. The Balaban J connectivity index is 2.44. The van der Waals surface area contributed by atoms with Crippen molar-refractivity contribution in [2.45, 2.75) is 0 Å². The molecular formula is C13H10FNO2. The monoisotopic (exact) mass is 231 g/mol. The van der Waals surface area contributed by atoms with Crippen molar-refractivity contribution in [3.05, 3.63) is 59.5 Å². The molecule has 0 spiro atoms. The van der Waals surface area contributed by atoms with Crippen LogP contribution in [0.2, 0.25) is 0 Å². The number of aromatic nitrogens is 1. The van der Waals surface area contributed by atoms with Gasteiger partial charge in [-0.25, -0.2) is 9.37 Å². The molecule has 0 aliphatic rings. The van der Waals surface area contributed by atoms with Crippen LogP contribution in [0.5, 0.6) is 5.88 Å². The highest BCUT2D eigenvalue weighted by Crippen LogP contribution is 2.18. The fourth-order valence-corrected chi connectivity index (χ4v) is 1.51. The first kappa shape index (κ1) is 11.3. The van der Waals surface area contributed by atoms with Crippen LogP contribution in [0.3, 0.4) is 0 Å². The number of carbonyl (C=O) groups is 1. The molecule has 86 valence electrons. The molecule has 3 nitrogen and oxygen atoms in total. The molecule has 0 radical (unpaired) electrons. The maximum Gasteiger partial charge on any atom is 0.224 e. The fourth-order valence-electron chi connectivity index (χ4n) is 1.51. The lowest BCUT2D eigenvalue weighted by Gasteiger charge is -2.05. The van der Waals surface area contributed by atoms with Gasteiger partial charge in [0, 0.05) is 11.8 Å². The Labute approximate surface area is 97.9 Å². The Hall–Kier alpha value is -2.23. The third-order valence-corrected chi connectivity index (χ3v) is 2.30. The summed E-state index contributed by atoms with van der Waals surface area (Å²) in [5.74, 6) is -0.519. The average molecular weight is 231 g/mol. The highest BCUT2D eigenvalue weighted by atomic mass is 19.1. The van der Waals surface area contributed by atoms with Crippen LogP contribution in [0.1, 0.15) is 15.9 Å². The first-order valence-electron chi connectivity index (χ1n) is 5.01. The minimum absolute atomic E-state index is 0.238. The molecule has 0 amide bonds. The van der Waals surface area contributed by atoms with Gasteiger partial charge in [0.2, 0.25) is 5.88 Å². The average Bonchev–Trinajstić information content (AvgIpc) is 2.38. The minimum Gasteiger partial charge on any atom is -0.480 e. The van der Waals surface area contributed by atoms with E-state index < -0.39 is 5.82 Å². The number of hydrogen-bond acceptors (Lipinski definition) is 3. The number of benzene rings is 1. The first-order chi connectivity index (χ1) is 8.22. The van der Waals surface area contributed by atoms with E-state index in [4.69, 9.17) is 4.74 Å². The summed E-state index contributed by atoms with van der Waals surface area (Å²) >= 11 is 0. The number of rotatable bonds is 3. The van der Waals surface area contributed by atoms with E-state index in [0.717, 1.165) is 0 Å². The van der Waals surface area contributed by atoms with E-state index in [1.165, 1.54) is 31.5 Å². The Bertz CT molecular complexity index is 555. The Morgan fingerprint density at radius 2 is 2.12 bits per heavy atom. The molecule has 2 rings (SSSR count). The zero-order chi connectivity index (χ0) is 12.3. The van der Waals surface area contributed by atoms with E-state index in [9.17, 15) is 9.18 Å². The molecule has 1 aromatic carbocycles. The number of pyridine rings is 1. The van der Waals surface area contributed by atoms with Crippen LogP contribution in [0.15, 0.2) is 42.6 Å². The summed E-state index contributed by atoms with van der Waals surface area (Å²) in [6.45, 7) is 0. The van der Waals surface area contributed by atoms with Crippen LogP contribution in [0.25, 0.3) is 0 Å². The van der Waals surface area contributed by atoms with Crippen molar-refractivity contribution in [3.8, 4) is 5.88 Å². The van der Waals surface area contributed by atoms with Gasteiger partial charge in [-0.15, -0.1) is 0 Å². The number of halogens is 1. The second kappa shape index (κ2) is 4.74. The van der Waals surface area contributed by atoms with Gasteiger partial charge in [0.25, 0.3) is 0 Å². The molecule has 1 heterocycles. The van der Waals surface area contributed by atoms with Gasteiger partial charge >= 0.3 is 0 Å². The zero-order valence-corrected chi connectivity index (χ0v) is 9.18. The van der Waals surface area contributed by atoms with Crippen LogP contribution in [-0.4, -0.2) is 17.9 Å². The van der Waals surface area contributed by atoms with Crippen LogP contribution >= 0.6 is 0 Å². The Morgan fingerprint density at radius 1 is 1.29 bits per heavy atom. The van der Waals surface area contributed by atoms with Crippen molar-refractivity contribution >= 4 is 5.78 Å². The van der Waals surface area contributed by atoms with Crippen molar-refractivity contribution < 1.29 is 13.9 Å². The topological polar surface area (TPSA) is 39.2 Å². The van der Waals surface area contributed by atoms with E-state index >= 15 is 0 Å². The summed E-state index contributed by atoms with van der Waals surface area (Å²) in [6.07, 6.45) is 1.53. The Kier molecular flexibility index (Phi) is 3.14. The maximum absolute atomic E-state index is 13.0. The van der Waals surface area contributed by atoms with Crippen LogP contribution < -0.4 is 4.74 Å². The molecule has 0 bridgehead atoms. The number of methoxy groups -OCH3 is 1.